The molecule has 1 saturated heterocycles. The first-order valence-electron chi connectivity index (χ1n) is 18.2. The number of nitrogens with zero attached hydrogens (tertiary/aromatic N) is 3. The second-order valence-corrected chi connectivity index (χ2v) is 16.4. The van der Waals surface area contributed by atoms with Crippen LogP contribution in [0.2, 0.25) is 0 Å². The van der Waals surface area contributed by atoms with Crippen molar-refractivity contribution in [3.63, 3.8) is 0 Å². The number of ether oxygens (including phenoxy) is 1. The van der Waals surface area contributed by atoms with Crippen LogP contribution in [-0.4, -0.2) is 60.9 Å². The van der Waals surface area contributed by atoms with E-state index in [0.29, 0.717) is 29.9 Å². The Labute approximate surface area is 281 Å². The van der Waals surface area contributed by atoms with E-state index in [1.807, 2.05) is 12.1 Å². The summed E-state index contributed by atoms with van der Waals surface area (Å²) in [5.41, 5.74) is 4.16. The first kappa shape index (κ1) is 33.6. The van der Waals surface area contributed by atoms with Gasteiger partial charge in [-0.3, -0.25) is 9.52 Å². The molecule has 1 saturated carbocycles. The Morgan fingerprint density at radius 2 is 1.91 bits per heavy atom. The molecule has 7 atom stereocenters. The summed E-state index contributed by atoms with van der Waals surface area (Å²) in [6, 6.07) is 5.97. The summed E-state index contributed by atoms with van der Waals surface area (Å²) in [4.78, 5) is 31.6. The van der Waals surface area contributed by atoms with Gasteiger partial charge in [0.1, 0.15) is 11.3 Å². The summed E-state index contributed by atoms with van der Waals surface area (Å²) < 4.78 is 9.76. The van der Waals surface area contributed by atoms with Gasteiger partial charge in [-0.1, -0.05) is 63.4 Å². The maximum atomic E-state index is 13.4. The first-order valence-corrected chi connectivity index (χ1v) is 19.1. The molecule has 6 rings (SSSR count). The van der Waals surface area contributed by atoms with Gasteiger partial charge < -0.3 is 14.5 Å². The average Bonchev–Trinajstić information content (AvgIpc) is 3.48. The zero-order valence-corrected chi connectivity index (χ0v) is 29.5. The molecule has 1 aromatic rings. The highest BCUT2D eigenvalue weighted by atomic mass is 32.2. The topological polar surface area (TPSA) is 74.2 Å². The lowest BCUT2D eigenvalue weighted by Crippen LogP contribution is -2.54. The molecule has 8 heteroatoms. The number of anilines is 1. The smallest absolute Gasteiger partial charge is 0.261 e. The van der Waals surface area contributed by atoms with Crippen LogP contribution < -0.4 is 14.4 Å². The number of likely N-dealkylation sites (tertiary alicyclic amines) is 1. The third kappa shape index (κ3) is 7.23. The molecule has 2 bridgehead atoms. The number of allylic oxidation sites excluding steroid dienone is 3. The van der Waals surface area contributed by atoms with Crippen molar-refractivity contribution >= 4 is 23.5 Å². The Bertz CT molecular complexity index is 1310. The lowest BCUT2D eigenvalue weighted by atomic mass is 9.61. The van der Waals surface area contributed by atoms with Crippen molar-refractivity contribution in [3.8, 4) is 5.75 Å². The van der Waals surface area contributed by atoms with Gasteiger partial charge in [0.05, 0.1) is 12.3 Å². The summed E-state index contributed by atoms with van der Waals surface area (Å²) in [5.74, 6) is 2.70. The van der Waals surface area contributed by atoms with Crippen LogP contribution in [0, 0.1) is 34.5 Å². The minimum absolute atomic E-state index is 0.0480. The van der Waals surface area contributed by atoms with Gasteiger partial charge in [-0.2, -0.15) is 4.91 Å². The van der Waals surface area contributed by atoms with Gasteiger partial charge in [-0.05, 0) is 124 Å². The number of amides is 1. The van der Waals surface area contributed by atoms with Crippen molar-refractivity contribution in [2.75, 3.05) is 44.2 Å². The molecule has 252 valence electrons. The standard InChI is InChI=1S/C38H56N4O3S/c1-5-9-29-20-26(2)11-14-33(29)32-23-42-22-31-12-15-34(31)38(40-44,25-41-18-6-7-19-41)17-8-10-27(3)28(4)46-39-37(43)30-13-16-36(45-24-32)35(42)21-30/h11,13-14,16,21,26-28,31-32,34H,5-10,12,15,17-20,22-25H2,1-4H3,(H,39,43)/t26?,27-,28+,31?,32-,34+,38-/m0/s1. The number of fused-ring (bicyclic) bond motifs is 2. The molecule has 2 aliphatic carbocycles. The third-order valence-electron chi connectivity index (χ3n) is 11.9. The summed E-state index contributed by atoms with van der Waals surface area (Å²) in [6.07, 6.45) is 15.6. The lowest BCUT2D eigenvalue weighted by Gasteiger charge is -2.49. The van der Waals surface area contributed by atoms with Crippen molar-refractivity contribution in [1.29, 1.82) is 0 Å². The molecule has 46 heavy (non-hydrogen) atoms. The number of hydrogen-bond donors (Lipinski definition) is 1. The van der Waals surface area contributed by atoms with Gasteiger partial charge in [-0.15, -0.1) is 0 Å². The summed E-state index contributed by atoms with van der Waals surface area (Å²) in [6.45, 7) is 14.4. The summed E-state index contributed by atoms with van der Waals surface area (Å²) in [7, 11) is 0. The van der Waals surface area contributed by atoms with Crippen molar-refractivity contribution in [2.45, 2.75) is 103 Å². The monoisotopic (exact) mass is 648 g/mol. The van der Waals surface area contributed by atoms with E-state index < -0.39 is 5.54 Å². The lowest BCUT2D eigenvalue weighted by molar-refractivity contribution is 0.0505. The maximum Gasteiger partial charge on any atom is 0.261 e. The quantitative estimate of drug-likeness (QED) is 0.247. The highest BCUT2D eigenvalue weighted by molar-refractivity contribution is 7.98. The Hall–Kier alpha value is -2.32. The van der Waals surface area contributed by atoms with Crippen molar-refractivity contribution in [1.82, 2.24) is 9.62 Å². The number of benzene rings is 1. The van der Waals surface area contributed by atoms with Crippen LogP contribution in [-0.2, 0) is 0 Å². The molecule has 1 N–H and O–H groups in total. The molecule has 2 fully saturated rings. The van der Waals surface area contributed by atoms with Crippen LogP contribution in [0.4, 0.5) is 5.69 Å². The van der Waals surface area contributed by atoms with Gasteiger partial charge in [0.15, 0.2) is 0 Å². The fourth-order valence-electron chi connectivity index (χ4n) is 8.85. The fraction of sp³-hybridized carbons (Fsp3) is 0.711. The Morgan fingerprint density at radius 3 is 2.65 bits per heavy atom. The van der Waals surface area contributed by atoms with E-state index in [1.165, 1.54) is 30.4 Å². The SMILES string of the molecule is CCCC1=C([C@@H]2COc3ccc4cc3N(CC3CC[C@H]3[C@](CN3CCCC3)(N=O)CCC[C@H](C)[C@@H](C)SNC4=O)C2)C=CC(C)C1. The van der Waals surface area contributed by atoms with Crippen molar-refractivity contribution < 1.29 is 9.53 Å². The third-order valence-corrected chi connectivity index (χ3v) is 13.0. The van der Waals surface area contributed by atoms with Gasteiger partial charge >= 0.3 is 0 Å². The molecule has 1 aromatic carbocycles. The molecule has 2 unspecified atom stereocenters. The number of nitroso groups, excluding NO2 is 1. The molecule has 0 radical (unpaired) electrons. The Balaban J connectivity index is 1.36. The molecular formula is C38H56N4O3S. The van der Waals surface area contributed by atoms with Gasteiger partial charge in [0.2, 0.25) is 0 Å². The second-order valence-electron chi connectivity index (χ2n) is 15.2. The average molecular weight is 649 g/mol. The van der Waals surface area contributed by atoms with E-state index in [2.05, 4.69) is 65.6 Å². The first-order chi connectivity index (χ1) is 22.3. The number of rotatable bonds is 6. The molecule has 5 aliphatic rings. The zero-order chi connectivity index (χ0) is 32.3. The molecule has 1 amide bonds. The van der Waals surface area contributed by atoms with Crippen molar-refractivity contribution in [2.24, 2.45) is 34.8 Å². The minimum atomic E-state index is -0.542. The van der Waals surface area contributed by atoms with Gasteiger partial charge in [0, 0.05) is 36.4 Å². The highest BCUT2D eigenvalue weighted by Gasteiger charge is 2.50. The molecule has 3 aliphatic heterocycles. The van der Waals surface area contributed by atoms with Crippen LogP contribution in [0.1, 0.15) is 102 Å². The van der Waals surface area contributed by atoms with E-state index in [1.54, 1.807) is 5.57 Å². The summed E-state index contributed by atoms with van der Waals surface area (Å²) in [5, 5.41) is 4.39. The van der Waals surface area contributed by atoms with E-state index in [0.717, 1.165) is 95.5 Å². The molecule has 0 aromatic heterocycles. The van der Waals surface area contributed by atoms with Crippen LogP contribution >= 0.6 is 11.9 Å². The largest absolute Gasteiger partial charge is 0.491 e. The van der Waals surface area contributed by atoms with Gasteiger partial charge in [-0.25, -0.2) is 0 Å². The van der Waals surface area contributed by atoms with Gasteiger partial charge in [0.25, 0.3) is 5.91 Å². The fourth-order valence-corrected chi connectivity index (χ4v) is 9.63. The second kappa shape index (κ2) is 14.8. The van der Waals surface area contributed by atoms with Crippen LogP contribution in [0.25, 0.3) is 0 Å². The Morgan fingerprint density at radius 1 is 1.09 bits per heavy atom. The molecule has 3 heterocycles. The Kier molecular flexibility index (Phi) is 10.8. The van der Waals surface area contributed by atoms with E-state index in [9.17, 15) is 9.70 Å². The minimum Gasteiger partial charge on any atom is -0.491 e. The van der Waals surface area contributed by atoms with Crippen molar-refractivity contribution in [3.05, 3.63) is 52.0 Å². The zero-order valence-electron chi connectivity index (χ0n) is 28.6. The molecule has 0 spiro atoms. The highest BCUT2D eigenvalue weighted by Crippen LogP contribution is 2.49. The predicted octanol–water partition coefficient (Wildman–Crippen LogP) is 8.41. The molecule has 7 nitrogen and oxygen atoms in total. The maximum absolute atomic E-state index is 13.4. The summed E-state index contributed by atoms with van der Waals surface area (Å²) >= 11 is 1.52. The van der Waals surface area contributed by atoms with Crippen LogP contribution in [0.15, 0.2) is 46.7 Å². The van der Waals surface area contributed by atoms with Crippen LogP contribution in [0.3, 0.4) is 0 Å². The number of nitrogens with one attached hydrogen (secondary N) is 1. The van der Waals surface area contributed by atoms with E-state index in [-0.39, 0.29) is 23.0 Å². The number of hydrogen-bond acceptors (Lipinski definition) is 7. The van der Waals surface area contributed by atoms with E-state index in [4.69, 9.17) is 4.74 Å². The number of carbonyl (C=O) groups is 1. The molecular weight excluding hydrogens is 593 g/mol. The predicted molar refractivity (Wildman–Crippen MR) is 190 cm³/mol. The van der Waals surface area contributed by atoms with Crippen LogP contribution in [0.5, 0.6) is 5.75 Å². The normalized spacial score (nSPS) is 34.3. The van der Waals surface area contributed by atoms with E-state index >= 15 is 0 Å². The number of carbonyl (C=O) groups excluding carboxylic acids is 1.